The zero-order valence-corrected chi connectivity index (χ0v) is 7.48. The van der Waals surface area contributed by atoms with Crippen LogP contribution in [0.25, 0.3) is 0 Å². The lowest BCUT2D eigenvalue weighted by Crippen LogP contribution is -2.11. The second kappa shape index (κ2) is 5.56. The molecule has 3 nitrogen and oxygen atoms in total. The predicted molar refractivity (Wildman–Crippen MR) is 51.6 cm³/mol. The SMILES string of the molecule is OC1CCNC1.Oc1ccccc1. The summed E-state index contributed by atoms with van der Waals surface area (Å²) in [6.45, 7) is 1.78. The molecule has 1 aliphatic rings. The largest absolute Gasteiger partial charge is 0.508 e. The van der Waals surface area contributed by atoms with Crippen molar-refractivity contribution in [3.8, 4) is 5.75 Å². The summed E-state index contributed by atoms with van der Waals surface area (Å²) < 4.78 is 0. The van der Waals surface area contributed by atoms with Gasteiger partial charge in [-0.3, -0.25) is 0 Å². The maximum atomic E-state index is 8.67. The van der Waals surface area contributed by atoms with Gasteiger partial charge in [-0.05, 0) is 25.1 Å². The third-order valence-corrected chi connectivity index (χ3v) is 1.79. The Kier molecular flexibility index (Phi) is 4.29. The van der Waals surface area contributed by atoms with Crippen LogP contribution in [-0.2, 0) is 0 Å². The van der Waals surface area contributed by atoms with E-state index < -0.39 is 0 Å². The molecule has 2 rings (SSSR count). The van der Waals surface area contributed by atoms with Crippen molar-refractivity contribution in [2.24, 2.45) is 0 Å². The summed E-state index contributed by atoms with van der Waals surface area (Å²) in [5.41, 5.74) is 0. The smallest absolute Gasteiger partial charge is 0.115 e. The fraction of sp³-hybridized carbons (Fsp3) is 0.400. The molecule has 0 bridgehead atoms. The molecule has 1 unspecified atom stereocenters. The molecule has 1 atom stereocenters. The molecule has 1 aromatic rings. The summed E-state index contributed by atoms with van der Waals surface area (Å²) in [5, 5.41) is 20.3. The molecule has 0 aromatic heterocycles. The van der Waals surface area contributed by atoms with Gasteiger partial charge in [0, 0.05) is 6.54 Å². The summed E-state index contributed by atoms with van der Waals surface area (Å²) >= 11 is 0. The van der Waals surface area contributed by atoms with Crippen LogP contribution in [0.3, 0.4) is 0 Å². The molecule has 72 valence electrons. The predicted octanol–water partition coefficient (Wildman–Crippen LogP) is 0.733. The molecule has 1 aliphatic heterocycles. The van der Waals surface area contributed by atoms with Gasteiger partial charge in [0.05, 0.1) is 6.10 Å². The van der Waals surface area contributed by atoms with E-state index in [0.717, 1.165) is 19.5 Å². The second-order valence-corrected chi connectivity index (χ2v) is 2.98. The normalized spacial score (nSPS) is 20.5. The molecule has 1 saturated heterocycles. The van der Waals surface area contributed by atoms with Crippen molar-refractivity contribution in [3.63, 3.8) is 0 Å². The fourth-order valence-corrected chi connectivity index (χ4v) is 1.07. The summed E-state index contributed by atoms with van der Waals surface area (Å²) in [6.07, 6.45) is 0.866. The first-order valence-electron chi connectivity index (χ1n) is 4.42. The number of para-hydroxylation sites is 1. The maximum absolute atomic E-state index is 8.67. The first-order chi connectivity index (χ1) is 6.29. The Bertz CT molecular complexity index is 220. The molecule has 0 radical (unpaired) electrons. The second-order valence-electron chi connectivity index (χ2n) is 2.98. The highest BCUT2D eigenvalue weighted by Gasteiger charge is 2.08. The standard InChI is InChI=1S/C6H6O.C4H9NO/c7-6-4-2-1-3-5-6;6-4-1-2-5-3-4/h1-5,7H;4-6H,1-3H2. The minimum Gasteiger partial charge on any atom is -0.508 e. The maximum Gasteiger partial charge on any atom is 0.115 e. The van der Waals surface area contributed by atoms with Gasteiger partial charge in [0.25, 0.3) is 0 Å². The van der Waals surface area contributed by atoms with Crippen molar-refractivity contribution in [1.82, 2.24) is 5.32 Å². The molecule has 3 heteroatoms. The lowest BCUT2D eigenvalue weighted by atomic mass is 10.3. The lowest BCUT2D eigenvalue weighted by molar-refractivity contribution is 0.196. The number of aromatic hydroxyl groups is 1. The van der Waals surface area contributed by atoms with Crippen LogP contribution in [0.5, 0.6) is 5.75 Å². The van der Waals surface area contributed by atoms with Gasteiger partial charge >= 0.3 is 0 Å². The Labute approximate surface area is 78.0 Å². The molecule has 1 heterocycles. The third-order valence-electron chi connectivity index (χ3n) is 1.79. The van der Waals surface area contributed by atoms with E-state index in [1.54, 1.807) is 24.3 Å². The highest BCUT2D eigenvalue weighted by Crippen LogP contribution is 2.02. The minimum atomic E-state index is -0.0648. The number of hydrogen-bond donors (Lipinski definition) is 3. The number of benzene rings is 1. The third kappa shape index (κ3) is 4.50. The van der Waals surface area contributed by atoms with E-state index in [1.165, 1.54) is 0 Å². The Morgan fingerprint density at radius 2 is 1.92 bits per heavy atom. The Balaban J connectivity index is 0.000000132. The Morgan fingerprint density at radius 1 is 1.23 bits per heavy atom. The van der Waals surface area contributed by atoms with Crippen LogP contribution in [0.15, 0.2) is 30.3 Å². The van der Waals surface area contributed by atoms with Crippen LogP contribution in [0.1, 0.15) is 6.42 Å². The van der Waals surface area contributed by atoms with Gasteiger partial charge in [-0.25, -0.2) is 0 Å². The van der Waals surface area contributed by atoms with Crippen LogP contribution >= 0.6 is 0 Å². The number of aliphatic hydroxyl groups excluding tert-OH is 1. The van der Waals surface area contributed by atoms with Crippen molar-refractivity contribution >= 4 is 0 Å². The number of nitrogens with one attached hydrogen (secondary N) is 1. The molecule has 0 amide bonds. The minimum absolute atomic E-state index is 0.0648. The van der Waals surface area contributed by atoms with Crippen molar-refractivity contribution in [1.29, 1.82) is 0 Å². The highest BCUT2D eigenvalue weighted by atomic mass is 16.3. The number of hydrogen-bond acceptors (Lipinski definition) is 3. The molecular formula is C10H15NO2. The van der Waals surface area contributed by atoms with Crippen LogP contribution in [0.4, 0.5) is 0 Å². The summed E-state index contributed by atoms with van der Waals surface area (Å²) in [7, 11) is 0. The van der Waals surface area contributed by atoms with Gasteiger partial charge < -0.3 is 15.5 Å². The van der Waals surface area contributed by atoms with E-state index in [9.17, 15) is 0 Å². The molecule has 1 fully saturated rings. The number of phenolic OH excluding ortho intramolecular Hbond substituents is 1. The highest BCUT2D eigenvalue weighted by molar-refractivity contribution is 5.18. The molecule has 13 heavy (non-hydrogen) atoms. The quantitative estimate of drug-likeness (QED) is 0.553. The van der Waals surface area contributed by atoms with E-state index in [2.05, 4.69) is 5.32 Å². The van der Waals surface area contributed by atoms with Crippen molar-refractivity contribution in [3.05, 3.63) is 30.3 Å². The van der Waals surface area contributed by atoms with Crippen LogP contribution in [-0.4, -0.2) is 29.4 Å². The van der Waals surface area contributed by atoms with Gasteiger partial charge in [0.2, 0.25) is 0 Å². The lowest BCUT2D eigenvalue weighted by Gasteiger charge is -1.90. The Morgan fingerprint density at radius 3 is 2.15 bits per heavy atom. The summed E-state index contributed by atoms with van der Waals surface area (Å²) in [4.78, 5) is 0. The molecule has 0 spiro atoms. The first-order valence-corrected chi connectivity index (χ1v) is 4.42. The molecule has 1 aromatic carbocycles. The first kappa shape index (κ1) is 10.0. The number of rotatable bonds is 0. The van der Waals surface area contributed by atoms with E-state index >= 15 is 0 Å². The zero-order chi connectivity index (χ0) is 9.52. The molecular weight excluding hydrogens is 166 g/mol. The van der Waals surface area contributed by atoms with Gasteiger partial charge in [-0.1, -0.05) is 18.2 Å². The number of aliphatic hydroxyl groups is 1. The van der Waals surface area contributed by atoms with E-state index in [4.69, 9.17) is 10.2 Å². The van der Waals surface area contributed by atoms with Crippen LogP contribution in [0.2, 0.25) is 0 Å². The van der Waals surface area contributed by atoms with Gasteiger partial charge in [0.1, 0.15) is 5.75 Å². The molecule has 3 N–H and O–H groups in total. The average Bonchev–Trinajstić information content (AvgIpc) is 2.58. The van der Waals surface area contributed by atoms with Crippen molar-refractivity contribution in [2.75, 3.05) is 13.1 Å². The fourth-order valence-electron chi connectivity index (χ4n) is 1.07. The summed E-state index contributed by atoms with van der Waals surface area (Å²) in [5.74, 6) is 0.322. The average molecular weight is 181 g/mol. The van der Waals surface area contributed by atoms with Gasteiger partial charge in [-0.15, -0.1) is 0 Å². The number of phenols is 1. The zero-order valence-electron chi connectivity index (χ0n) is 7.48. The van der Waals surface area contributed by atoms with E-state index in [1.807, 2.05) is 6.07 Å². The number of β-amino-alcohol motifs (C(OH)–C–C–N with tert-alkyl or cyclic N) is 1. The topological polar surface area (TPSA) is 52.5 Å². The van der Waals surface area contributed by atoms with E-state index in [-0.39, 0.29) is 6.10 Å². The summed E-state index contributed by atoms with van der Waals surface area (Å²) in [6, 6.07) is 8.71. The van der Waals surface area contributed by atoms with Crippen LogP contribution < -0.4 is 5.32 Å². The molecule has 0 aliphatic carbocycles. The van der Waals surface area contributed by atoms with Crippen LogP contribution in [0, 0.1) is 0 Å². The van der Waals surface area contributed by atoms with Gasteiger partial charge in [0.15, 0.2) is 0 Å². The molecule has 0 saturated carbocycles. The van der Waals surface area contributed by atoms with E-state index in [0.29, 0.717) is 5.75 Å². The van der Waals surface area contributed by atoms with Crippen molar-refractivity contribution in [2.45, 2.75) is 12.5 Å². The van der Waals surface area contributed by atoms with Crippen molar-refractivity contribution < 1.29 is 10.2 Å². The van der Waals surface area contributed by atoms with Gasteiger partial charge in [-0.2, -0.15) is 0 Å². The Hall–Kier alpha value is -1.06. The monoisotopic (exact) mass is 181 g/mol.